The first-order valence-electron chi connectivity index (χ1n) is 6.79. The fourth-order valence-electron chi connectivity index (χ4n) is 2.74. The molecule has 1 aliphatic heterocycles. The molecule has 0 aliphatic carbocycles. The second kappa shape index (κ2) is 6.51. The Bertz CT molecular complexity index is 536. The van der Waals surface area contributed by atoms with E-state index in [9.17, 15) is 5.11 Å². The molecule has 0 amide bonds. The fraction of sp³-hybridized carbons (Fsp3) is 0.500. The van der Waals surface area contributed by atoms with Gasteiger partial charge in [0.1, 0.15) is 0 Å². The smallest absolute Gasteiger partial charge is 0.170 e. The first kappa shape index (κ1) is 15.9. The van der Waals surface area contributed by atoms with Gasteiger partial charge in [-0.15, -0.1) is 0 Å². The summed E-state index contributed by atoms with van der Waals surface area (Å²) in [5.74, 6) is 0.0229. The van der Waals surface area contributed by atoms with Crippen molar-refractivity contribution in [3.63, 3.8) is 0 Å². The number of amidine groups is 1. The number of halogens is 1. The highest BCUT2D eigenvalue weighted by Gasteiger charge is 2.32. The summed E-state index contributed by atoms with van der Waals surface area (Å²) in [4.78, 5) is 4.21. The molecule has 0 aromatic heterocycles. The third-order valence-electron chi connectivity index (χ3n) is 3.63. The first-order chi connectivity index (χ1) is 9.92. The van der Waals surface area contributed by atoms with Gasteiger partial charge in [-0.1, -0.05) is 16.8 Å². The number of oxime groups is 1. The highest BCUT2D eigenvalue weighted by atomic mass is 35.5. The van der Waals surface area contributed by atoms with Crippen LogP contribution in [0.15, 0.2) is 23.4 Å². The monoisotopic (exact) mass is 312 g/mol. The molecule has 116 valence electrons. The Morgan fingerprint density at radius 2 is 2.24 bits per heavy atom. The first-order valence-corrected chi connectivity index (χ1v) is 7.17. The van der Waals surface area contributed by atoms with Crippen molar-refractivity contribution >= 4 is 23.1 Å². The van der Waals surface area contributed by atoms with Crippen molar-refractivity contribution in [3.05, 3.63) is 28.8 Å². The molecule has 2 atom stereocenters. The quantitative estimate of drug-likeness (QED) is 0.333. The third-order valence-corrected chi connectivity index (χ3v) is 3.93. The van der Waals surface area contributed by atoms with Gasteiger partial charge in [-0.05, 0) is 38.7 Å². The van der Waals surface area contributed by atoms with Crippen molar-refractivity contribution in [2.45, 2.75) is 18.6 Å². The van der Waals surface area contributed by atoms with E-state index in [4.69, 9.17) is 22.5 Å². The molecule has 2 unspecified atom stereocenters. The van der Waals surface area contributed by atoms with E-state index in [1.54, 1.807) is 12.1 Å². The van der Waals surface area contributed by atoms with Crippen LogP contribution in [0.25, 0.3) is 0 Å². The van der Waals surface area contributed by atoms with Gasteiger partial charge in [0.05, 0.1) is 16.8 Å². The van der Waals surface area contributed by atoms with Crippen molar-refractivity contribution in [1.82, 2.24) is 4.90 Å². The molecule has 4 N–H and O–H groups in total. The van der Waals surface area contributed by atoms with Gasteiger partial charge in [0.25, 0.3) is 0 Å². The Morgan fingerprint density at radius 1 is 1.52 bits per heavy atom. The molecule has 0 bridgehead atoms. The molecule has 1 saturated heterocycles. The summed E-state index contributed by atoms with van der Waals surface area (Å²) in [7, 11) is 4.01. The zero-order valence-electron chi connectivity index (χ0n) is 12.2. The summed E-state index contributed by atoms with van der Waals surface area (Å²) in [5.41, 5.74) is 6.98. The van der Waals surface area contributed by atoms with Crippen LogP contribution in [0, 0.1) is 0 Å². The summed E-state index contributed by atoms with van der Waals surface area (Å²) in [6.07, 6.45) is 0.367. The van der Waals surface area contributed by atoms with Crippen LogP contribution in [0.4, 0.5) is 5.69 Å². The van der Waals surface area contributed by atoms with E-state index in [2.05, 4.69) is 15.0 Å². The van der Waals surface area contributed by atoms with Gasteiger partial charge in [0.2, 0.25) is 0 Å². The molecular weight excluding hydrogens is 292 g/mol. The predicted octanol–water partition coefficient (Wildman–Crippen LogP) is 0.936. The fourth-order valence-corrected chi connectivity index (χ4v) is 3.03. The van der Waals surface area contributed by atoms with Crippen LogP contribution in [-0.2, 0) is 0 Å². The second-order valence-corrected chi connectivity index (χ2v) is 6.02. The number of aliphatic hydroxyl groups excluding tert-OH is 1. The number of anilines is 1. The van der Waals surface area contributed by atoms with E-state index < -0.39 is 0 Å². The number of benzene rings is 1. The Hall–Kier alpha value is -1.50. The SMILES string of the molecule is CN(C)CC1CC(O)CN1c1ccc(C(N)=NO)cc1Cl. The number of hydrogen-bond acceptors (Lipinski definition) is 5. The lowest BCUT2D eigenvalue weighted by Gasteiger charge is -2.29. The van der Waals surface area contributed by atoms with Crippen molar-refractivity contribution < 1.29 is 10.3 Å². The number of aliphatic hydroxyl groups is 1. The lowest BCUT2D eigenvalue weighted by atomic mass is 10.1. The van der Waals surface area contributed by atoms with E-state index in [1.165, 1.54) is 0 Å². The number of hydrogen-bond donors (Lipinski definition) is 3. The van der Waals surface area contributed by atoms with Crippen molar-refractivity contribution in [2.75, 3.05) is 32.1 Å². The Labute approximate surface area is 129 Å². The average Bonchev–Trinajstić information content (AvgIpc) is 2.77. The Morgan fingerprint density at radius 3 is 2.81 bits per heavy atom. The molecular formula is C14H21ClN4O2. The molecule has 1 fully saturated rings. The molecule has 0 saturated carbocycles. The molecule has 0 spiro atoms. The van der Waals surface area contributed by atoms with Crippen molar-refractivity contribution in [3.8, 4) is 0 Å². The maximum Gasteiger partial charge on any atom is 0.170 e. The maximum absolute atomic E-state index is 9.94. The van der Waals surface area contributed by atoms with E-state index in [-0.39, 0.29) is 18.0 Å². The van der Waals surface area contributed by atoms with Crippen LogP contribution in [0.3, 0.4) is 0 Å². The summed E-state index contributed by atoms with van der Waals surface area (Å²) < 4.78 is 0. The minimum atomic E-state index is -0.352. The standard InChI is InChI=1S/C14H21ClN4O2/c1-18(2)7-10-6-11(20)8-19(10)13-4-3-9(5-12(13)15)14(16)17-21/h3-5,10-11,20-21H,6-8H2,1-2H3,(H2,16,17). The van der Waals surface area contributed by atoms with Crippen LogP contribution in [-0.4, -0.2) is 60.4 Å². The lowest BCUT2D eigenvalue weighted by Crippen LogP contribution is -2.37. The lowest BCUT2D eigenvalue weighted by molar-refractivity contribution is 0.191. The molecule has 1 aromatic carbocycles. The van der Waals surface area contributed by atoms with Gasteiger partial charge in [-0.3, -0.25) is 0 Å². The highest BCUT2D eigenvalue weighted by molar-refractivity contribution is 6.33. The number of nitrogens with zero attached hydrogens (tertiary/aromatic N) is 3. The minimum Gasteiger partial charge on any atom is -0.409 e. The van der Waals surface area contributed by atoms with Gasteiger partial charge >= 0.3 is 0 Å². The molecule has 21 heavy (non-hydrogen) atoms. The summed E-state index contributed by atoms with van der Waals surface area (Å²) in [6.45, 7) is 1.40. The number of likely N-dealkylation sites (N-methyl/N-ethyl adjacent to an activating group) is 1. The van der Waals surface area contributed by atoms with Crippen molar-refractivity contribution in [1.29, 1.82) is 0 Å². The van der Waals surface area contributed by atoms with Crippen LogP contribution < -0.4 is 10.6 Å². The number of β-amino-alcohol motifs (C(OH)–C–C–N with tert-alkyl or cyclic N) is 1. The normalized spacial score (nSPS) is 23.1. The van der Waals surface area contributed by atoms with E-state index in [0.717, 1.165) is 18.7 Å². The highest BCUT2D eigenvalue weighted by Crippen LogP contribution is 2.33. The van der Waals surface area contributed by atoms with Crippen LogP contribution >= 0.6 is 11.6 Å². The largest absolute Gasteiger partial charge is 0.409 e. The topological polar surface area (TPSA) is 85.3 Å². The Kier molecular flexibility index (Phi) is 4.92. The second-order valence-electron chi connectivity index (χ2n) is 5.61. The third kappa shape index (κ3) is 3.58. The predicted molar refractivity (Wildman–Crippen MR) is 84.3 cm³/mol. The van der Waals surface area contributed by atoms with Crippen LogP contribution in [0.2, 0.25) is 5.02 Å². The zero-order valence-corrected chi connectivity index (χ0v) is 13.0. The summed E-state index contributed by atoms with van der Waals surface area (Å²) in [5, 5.41) is 22.1. The maximum atomic E-state index is 9.94. The van der Waals surface area contributed by atoms with Gasteiger partial charge < -0.3 is 25.8 Å². The summed E-state index contributed by atoms with van der Waals surface area (Å²) in [6, 6.07) is 5.48. The molecule has 0 radical (unpaired) electrons. The molecule has 1 aromatic rings. The van der Waals surface area contributed by atoms with Gasteiger partial charge in [0, 0.05) is 24.7 Å². The molecule has 1 aliphatic rings. The van der Waals surface area contributed by atoms with Gasteiger partial charge in [0.15, 0.2) is 5.84 Å². The molecule has 6 nitrogen and oxygen atoms in total. The van der Waals surface area contributed by atoms with E-state index in [0.29, 0.717) is 17.1 Å². The van der Waals surface area contributed by atoms with Crippen molar-refractivity contribution in [2.24, 2.45) is 10.9 Å². The number of nitrogens with two attached hydrogens (primary N) is 1. The zero-order chi connectivity index (χ0) is 15.6. The number of rotatable bonds is 4. The van der Waals surface area contributed by atoms with Gasteiger partial charge in [-0.2, -0.15) is 0 Å². The van der Waals surface area contributed by atoms with E-state index in [1.807, 2.05) is 20.2 Å². The molecule has 2 rings (SSSR count). The Balaban J connectivity index is 2.28. The van der Waals surface area contributed by atoms with Crippen LogP contribution in [0.5, 0.6) is 0 Å². The van der Waals surface area contributed by atoms with Gasteiger partial charge in [-0.25, -0.2) is 0 Å². The van der Waals surface area contributed by atoms with Crippen LogP contribution in [0.1, 0.15) is 12.0 Å². The minimum absolute atomic E-state index is 0.0229. The average molecular weight is 313 g/mol. The summed E-state index contributed by atoms with van der Waals surface area (Å²) >= 11 is 6.33. The molecule has 1 heterocycles. The molecule has 7 heteroatoms. The van der Waals surface area contributed by atoms with E-state index >= 15 is 0 Å².